The van der Waals surface area contributed by atoms with Gasteiger partial charge in [0.15, 0.2) is 0 Å². The lowest BCUT2D eigenvalue weighted by Crippen LogP contribution is -2.94. The number of fused-ring (bicyclic) bond motifs is 3. The Bertz CT molecular complexity index is 1380. The van der Waals surface area contributed by atoms with Gasteiger partial charge in [-0.25, -0.2) is 0 Å². The van der Waals surface area contributed by atoms with E-state index < -0.39 is 36.7 Å². The number of anilines is 1. The highest BCUT2D eigenvalue weighted by Gasteiger charge is 2.78. The largest absolute Gasteiger partial charge is 0.292 e. The molecule has 0 saturated carbocycles. The third kappa shape index (κ3) is 5.00. The molecule has 242 valence electrons. The molecule has 8 heteroatoms. The second-order valence-electron chi connectivity index (χ2n) is 17.8. The van der Waals surface area contributed by atoms with Crippen LogP contribution in [0.5, 0.6) is 0 Å². The Morgan fingerprint density at radius 2 is 1.11 bits per heavy atom. The minimum atomic E-state index is -2.64. The second kappa shape index (κ2) is 11.7. The van der Waals surface area contributed by atoms with Gasteiger partial charge in [0.25, 0.3) is 0 Å². The van der Waals surface area contributed by atoms with Gasteiger partial charge >= 0.3 is 0 Å². The standard InChI is InChI=1S/C36H63N3Si5/c1-26(2)30-20-18-21-31(27(3)4)34(30)38-24-25-39-35-32(28(5)6)22-19-23-33(29(7)8)43(35,37-36(38)39)44(40(9,10)11,41(12,13)14)42(15,16)17/h18-29H,1-17H3. The number of benzene rings is 1. The van der Waals surface area contributed by atoms with Gasteiger partial charge in [0.2, 0.25) is 13.7 Å². The van der Waals surface area contributed by atoms with Gasteiger partial charge in [0.1, 0.15) is 0 Å². The summed E-state index contributed by atoms with van der Waals surface area (Å²) in [4.78, 5) is 5.19. The lowest BCUT2D eigenvalue weighted by molar-refractivity contribution is 0.700. The summed E-state index contributed by atoms with van der Waals surface area (Å²) in [5.74, 6) is 2.98. The van der Waals surface area contributed by atoms with Gasteiger partial charge in [-0.1, -0.05) is 156 Å². The van der Waals surface area contributed by atoms with Crippen molar-refractivity contribution >= 4 is 48.3 Å². The van der Waals surface area contributed by atoms with E-state index in [0.29, 0.717) is 23.7 Å². The van der Waals surface area contributed by atoms with Gasteiger partial charge < -0.3 is 0 Å². The predicted octanol–water partition coefficient (Wildman–Crippen LogP) is 10.8. The molecule has 3 aliphatic heterocycles. The van der Waals surface area contributed by atoms with Crippen LogP contribution in [0.3, 0.4) is 0 Å². The molecular weight excluding hydrogens is 615 g/mol. The molecule has 0 aliphatic carbocycles. The van der Waals surface area contributed by atoms with Crippen molar-refractivity contribution in [1.82, 2.24) is 4.90 Å². The summed E-state index contributed by atoms with van der Waals surface area (Å²) in [5.41, 5.74) is 5.76. The fraction of sp³-hybridized carbons (Fsp3) is 0.583. The van der Waals surface area contributed by atoms with Gasteiger partial charge in [0.05, 0.1) is 11.8 Å². The van der Waals surface area contributed by atoms with Crippen molar-refractivity contribution < 1.29 is 0 Å². The van der Waals surface area contributed by atoms with E-state index in [0.717, 1.165) is 0 Å². The van der Waals surface area contributed by atoms with Crippen LogP contribution in [-0.2, 0) is 0 Å². The van der Waals surface area contributed by atoms with E-state index in [1.54, 1.807) is 16.1 Å². The first-order chi connectivity index (χ1) is 20.1. The van der Waals surface area contributed by atoms with Crippen molar-refractivity contribution in [3.05, 3.63) is 76.0 Å². The molecule has 0 aromatic heterocycles. The van der Waals surface area contributed by atoms with Crippen molar-refractivity contribution in [2.75, 3.05) is 4.90 Å². The minimum Gasteiger partial charge on any atom is -0.292 e. The molecule has 3 aliphatic rings. The van der Waals surface area contributed by atoms with Crippen LogP contribution < -0.4 is 4.90 Å². The zero-order valence-electron chi connectivity index (χ0n) is 31.3. The molecule has 3 nitrogen and oxygen atoms in total. The zero-order valence-corrected chi connectivity index (χ0v) is 36.3. The maximum atomic E-state index is 6.57. The van der Waals surface area contributed by atoms with E-state index in [9.17, 15) is 0 Å². The van der Waals surface area contributed by atoms with Crippen molar-refractivity contribution in [1.29, 1.82) is 0 Å². The Hall–Kier alpha value is -1.47. The first-order valence-electron chi connectivity index (χ1n) is 17.2. The van der Waals surface area contributed by atoms with Crippen molar-refractivity contribution in [3.8, 4) is 0 Å². The topological polar surface area (TPSA) is 18.8 Å². The molecule has 0 N–H and O–H groups in total. The second-order valence-corrected chi connectivity index (χ2v) is 69.2. The quantitative estimate of drug-likeness (QED) is 0.242. The number of rotatable bonds is 9. The molecule has 1 aromatic carbocycles. The molecule has 0 bridgehead atoms. The van der Waals surface area contributed by atoms with Crippen LogP contribution in [0.25, 0.3) is 0 Å². The van der Waals surface area contributed by atoms with E-state index in [4.69, 9.17) is 4.66 Å². The minimum absolute atomic E-state index is 0.434. The SMILES string of the molecule is CC(C)C1=CC=CC(C(C)C)=C2N3C=CN(c4c(C(C)C)cccc4C(C)C)C3=N[Si]12[Si]([Si](C)(C)C)([Si](C)(C)C)[Si](C)(C)C. The highest BCUT2D eigenvalue weighted by atomic mass is 30.2. The normalized spacial score (nSPS) is 21.2. The molecule has 1 unspecified atom stereocenters. The molecule has 3 heterocycles. The molecule has 4 rings (SSSR count). The molecular formula is C36H63N3Si5. The van der Waals surface area contributed by atoms with Gasteiger partial charge in [-0.2, -0.15) is 0 Å². The van der Waals surface area contributed by atoms with Gasteiger partial charge in [-0.15, -0.1) is 0 Å². The summed E-state index contributed by atoms with van der Waals surface area (Å²) in [5, 5.41) is 3.37. The van der Waals surface area contributed by atoms with E-state index >= 15 is 0 Å². The number of para-hydroxylation sites is 1. The Kier molecular flexibility index (Phi) is 9.37. The first kappa shape index (κ1) is 35.4. The Morgan fingerprint density at radius 3 is 1.52 bits per heavy atom. The highest BCUT2D eigenvalue weighted by Crippen LogP contribution is 2.56. The van der Waals surface area contributed by atoms with Crippen molar-refractivity contribution in [2.24, 2.45) is 16.5 Å². The summed E-state index contributed by atoms with van der Waals surface area (Å²) < 4.78 is 6.57. The van der Waals surface area contributed by atoms with Crippen LogP contribution in [0, 0.1) is 11.8 Å². The van der Waals surface area contributed by atoms with E-state index in [1.165, 1.54) is 22.8 Å². The van der Waals surface area contributed by atoms with Crippen molar-refractivity contribution in [2.45, 2.75) is 126 Å². The van der Waals surface area contributed by atoms with Crippen LogP contribution in [-0.4, -0.2) is 47.5 Å². The number of allylic oxidation sites excluding steroid dienone is 5. The molecule has 0 fully saturated rings. The molecule has 0 amide bonds. The summed E-state index contributed by atoms with van der Waals surface area (Å²) in [6.07, 6.45) is 10.2. The van der Waals surface area contributed by atoms with Crippen LogP contribution in [0.15, 0.2) is 69.6 Å². The van der Waals surface area contributed by atoms with Gasteiger partial charge in [-0.3, -0.25) is 14.5 Å². The number of hydrogen-bond acceptors (Lipinski definition) is 3. The molecule has 1 atom stereocenters. The lowest BCUT2D eigenvalue weighted by Gasteiger charge is -2.64. The third-order valence-corrected chi connectivity index (χ3v) is 118. The zero-order chi connectivity index (χ0) is 33.4. The molecule has 0 spiro atoms. The average Bonchev–Trinajstić information content (AvgIpc) is 3.32. The molecule has 1 aromatic rings. The van der Waals surface area contributed by atoms with Crippen LogP contribution >= 0.6 is 0 Å². The van der Waals surface area contributed by atoms with E-state index in [2.05, 4.69) is 173 Å². The van der Waals surface area contributed by atoms with Crippen LogP contribution in [0.2, 0.25) is 58.9 Å². The Morgan fingerprint density at radius 1 is 0.636 bits per heavy atom. The van der Waals surface area contributed by atoms with Crippen LogP contribution in [0.1, 0.15) is 78.4 Å². The Labute approximate surface area is 275 Å². The fourth-order valence-electron chi connectivity index (χ4n) is 10.6. The number of guanidine groups is 1. The fourth-order valence-corrected chi connectivity index (χ4v) is 159. The summed E-state index contributed by atoms with van der Waals surface area (Å²) in [7, 11) is -7.82. The summed E-state index contributed by atoms with van der Waals surface area (Å²) in [6, 6.07) is 6.98. The maximum absolute atomic E-state index is 6.57. The molecule has 0 radical (unpaired) electrons. The van der Waals surface area contributed by atoms with Gasteiger partial charge in [-0.05, 0) is 40.4 Å². The number of nitrogens with zero attached hydrogens (tertiary/aromatic N) is 3. The Balaban J connectivity index is 2.29. The average molecular weight is 678 g/mol. The lowest BCUT2D eigenvalue weighted by atomic mass is 9.92. The molecule has 44 heavy (non-hydrogen) atoms. The molecule has 0 saturated heterocycles. The van der Waals surface area contributed by atoms with Crippen LogP contribution in [0.4, 0.5) is 5.69 Å². The highest BCUT2D eigenvalue weighted by molar-refractivity contribution is 8.07. The third-order valence-electron chi connectivity index (χ3n) is 10.6. The van der Waals surface area contributed by atoms with Gasteiger partial charge in [0, 0.05) is 40.5 Å². The predicted molar refractivity (Wildman–Crippen MR) is 211 cm³/mol. The van der Waals surface area contributed by atoms with E-state index in [1.807, 2.05) is 0 Å². The van der Waals surface area contributed by atoms with E-state index in [-0.39, 0.29) is 0 Å². The monoisotopic (exact) mass is 677 g/mol. The smallest absolute Gasteiger partial charge is 0.240 e. The number of hydrogen-bond donors (Lipinski definition) is 0. The first-order valence-corrected chi connectivity index (χ1v) is 35.7. The summed E-state index contributed by atoms with van der Waals surface area (Å²) in [6.45, 7) is 44.2. The maximum Gasteiger partial charge on any atom is 0.240 e. The summed E-state index contributed by atoms with van der Waals surface area (Å²) >= 11 is 0. The van der Waals surface area contributed by atoms with Crippen molar-refractivity contribution in [3.63, 3.8) is 0 Å².